The summed E-state index contributed by atoms with van der Waals surface area (Å²) in [6, 6.07) is 11.2. The van der Waals surface area contributed by atoms with E-state index >= 15 is 0 Å². The number of nitrogens with two attached hydrogens (primary N) is 1. The van der Waals surface area contributed by atoms with E-state index in [0.717, 1.165) is 24.3 Å². The van der Waals surface area contributed by atoms with Gasteiger partial charge in [-0.25, -0.2) is 0 Å². The molecule has 2 N–H and O–H groups in total. The Morgan fingerprint density at radius 2 is 1.83 bits per heavy atom. The molecule has 1 aliphatic carbocycles. The third kappa shape index (κ3) is 2.32. The molecular formula is C16H24N2. The standard InChI is InChI=1S/C16H24N2/c1-12-7-8-16(17)15-11-18(10-14(12)15)9-13-5-3-2-4-6-13/h2-6,12,14-16H,7-11,17H2,1H3/t12-,14-,15-,16+/m1/s1. The van der Waals surface area contributed by atoms with Crippen molar-refractivity contribution in [1.82, 2.24) is 4.90 Å². The van der Waals surface area contributed by atoms with Crippen molar-refractivity contribution >= 4 is 0 Å². The van der Waals surface area contributed by atoms with Gasteiger partial charge in [0.05, 0.1) is 0 Å². The molecule has 3 rings (SSSR count). The van der Waals surface area contributed by atoms with Crippen molar-refractivity contribution in [2.45, 2.75) is 32.4 Å². The van der Waals surface area contributed by atoms with E-state index in [1.54, 1.807) is 0 Å². The first-order valence-corrected chi connectivity index (χ1v) is 7.26. The minimum atomic E-state index is 0.437. The number of rotatable bonds is 2. The fraction of sp³-hybridized carbons (Fsp3) is 0.625. The summed E-state index contributed by atoms with van der Waals surface area (Å²) >= 11 is 0. The van der Waals surface area contributed by atoms with Crippen molar-refractivity contribution < 1.29 is 0 Å². The number of likely N-dealkylation sites (tertiary alicyclic amines) is 1. The Morgan fingerprint density at radius 3 is 2.56 bits per heavy atom. The van der Waals surface area contributed by atoms with Crippen molar-refractivity contribution in [2.75, 3.05) is 13.1 Å². The second-order valence-corrected chi connectivity index (χ2v) is 6.23. The number of nitrogens with zero attached hydrogens (tertiary/aromatic N) is 1. The maximum Gasteiger partial charge on any atom is 0.0233 e. The number of hydrogen-bond donors (Lipinski definition) is 1. The molecule has 2 fully saturated rings. The Hall–Kier alpha value is -0.860. The average molecular weight is 244 g/mol. The molecule has 0 bridgehead atoms. The summed E-state index contributed by atoms with van der Waals surface area (Å²) in [6.07, 6.45) is 2.54. The third-order valence-corrected chi connectivity index (χ3v) is 4.97. The average Bonchev–Trinajstić information content (AvgIpc) is 2.80. The lowest BCUT2D eigenvalue weighted by molar-refractivity contribution is 0.187. The van der Waals surface area contributed by atoms with Crippen LogP contribution in [0.5, 0.6) is 0 Å². The van der Waals surface area contributed by atoms with Crippen molar-refractivity contribution in [3.05, 3.63) is 35.9 Å². The quantitative estimate of drug-likeness (QED) is 0.866. The van der Waals surface area contributed by atoms with Gasteiger partial charge in [0.25, 0.3) is 0 Å². The lowest BCUT2D eigenvalue weighted by Gasteiger charge is -2.35. The van der Waals surface area contributed by atoms with Gasteiger partial charge in [-0.15, -0.1) is 0 Å². The van der Waals surface area contributed by atoms with Gasteiger partial charge in [-0.3, -0.25) is 4.90 Å². The van der Waals surface area contributed by atoms with Gasteiger partial charge in [0.2, 0.25) is 0 Å². The summed E-state index contributed by atoms with van der Waals surface area (Å²) in [4.78, 5) is 2.60. The fourth-order valence-electron chi connectivity index (χ4n) is 3.85. The summed E-state index contributed by atoms with van der Waals surface area (Å²) in [5.41, 5.74) is 7.74. The first-order valence-electron chi connectivity index (χ1n) is 7.26. The zero-order valence-electron chi connectivity index (χ0n) is 11.3. The zero-order chi connectivity index (χ0) is 12.5. The maximum atomic E-state index is 6.31. The Bertz CT molecular complexity index is 371. The number of fused-ring (bicyclic) bond motifs is 1. The maximum absolute atomic E-state index is 6.31. The summed E-state index contributed by atoms with van der Waals surface area (Å²) in [7, 11) is 0. The van der Waals surface area contributed by atoms with Crippen molar-refractivity contribution in [3.63, 3.8) is 0 Å². The van der Waals surface area contributed by atoms with Crippen LogP contribution in [0.4, 0.5) is 0 Å². The van der Waals surface area contributed by atoms with Crippen LogP contribution in [0.15, 0.2) is 30.3 Å². The van der Waals surface area contributed by atoms with Crippen LogP contribution < -0.4 is 5.73 Å². The highest BCUT2D eigenvalue weighted by atomic mass is 15.2. The molecule has 2 aliphatic rings. The second-order valence-electron chi connectivity index (χ2n) is 6.23. The number of benzene rings is 1. The van der Waals surface area contributed by atoms with Crippen LogP contribution in [0, 0.1) is 17.8 Å². The van der Waals surface area contributed by atoms with Crippen LogP contribution in [0.2, 0.25) is 0 Å². The number of hydrogen-bond acceptors (Lipinski definition) is 2. The predicted molar refractivity (Wildman–Crippen MR) is 75.1 cm³/mol. The Balaban J connectivity index is 1.67. The van der Waals surface area contributed by atoms with Gasteiger partial charge < -0.3 is 5.73 Å². The third-order valence-electron chi connectivity index (χ3n) is 4.97. The molecule has 4 atom stereocenters. The van der Waals surface area contributed by atoms with Crippen LogP contribution in [0.3, 0.4) is 0 Å². The molecule has 1 heterocycles. The van der Waals surface area contributed by atoms with Gasteiger partial charge in [-0.05, 0) is 36.2 Å². The van der Waals surface area contributed by atoms with Gasteiger partial charge in [0.15, 0.2) is 0 Å². The Morgan fingerprint density at radius 1 is 1.11 bits per heavy atom. The highest BCUT2D eigenvalue weighted by Crippen LogP contribution is 2.39. The summed E-state index contributed by atoms with van der Waals surface area (Å²) in [6.45, 7) is 5.95. The molecule has 1 aromatic rings. The van der Waals surface area contributed by atoms with E-state index in [1.165, 1.54) is 31.5 Å². The first-order chi connectivity index (χ1) is 8.74. The van der Waals surface area contributed by atoms with E-state index in [-0.39, 0.29) is 0 Å². The molecule has 1 aromatic carbocycles. The van der Waals surface area contributed by atoms with Gasteiger partial charge in [-0.1, -0.05) is 37.3 Å². The van der Waals surface area contributed by atoms with Gasteiger partial charge in [0.1, 0.15) is 0 Å². The zero-order valence-corrected chi connectivity index (χ0v) is 11.3. The smallest absolute Gasteiger partial charge is 0.0233 e. The second kappa shape index (κ2) is 5.02. The molecule has 1 saturated carbocycles. The first kappa shape index (κ1) is 12.2. The molecule has 0 unspecified atom stereocenters. The van der Waals surface area contributed by atoms with Gasteiger partial charge >= 0.3 is 0 Å². The summed E-state index contributed by atoms with van der Waals surface area (Å²) in [5, 5.41) is 0. The van der Waals surface area contributed by atoms with E-state index < -0.39 is 0 Å². The normalized spacial score (nSPS) is 36.6. The van der Waals surface area contributed by atoms with Crippen molar-refractivity contribution in [2.24, 2.45) is 23.5 Å². The summed E-state index contributed by atoms with van der Waals surface area (Å²) < 4.78 is 0. The Labute approximate surface area is 110 Å². The largest absolute Gasteiger partial charge is 0.327 e. The molecule has 0 aromatic heterocycles. The lowest BCUT2D eigenvalue weighted by atomic mass is 9.72. The lowest BCUT2D eigenvalue weighted by Crippen LogP contribution is -2.41. The van der Waals surface area contributed by atoms with Gasteiger partial charge in [-0.2, -0.15) is 0 Å². The summed E-state index contributed by atoms with van der Waals surface area (Å²) in [5.74, 6) is 2.42. The monoisotopic (exact) mass is 244 g/mol. The molecule has 2 nitrogen and oxygen atoms in total. The molecule has 1 aliphatic heterocycles. The topological polar surface area (TPSA) is 29.3 Å². The minimum absolute atomic E-state index is 0.437. The Kier molecular flexibility index (Phi) is 3.40. The van der Waals surface area contributed by atoms with Crippen molar-refractivity contribution in [1.29, 1.82) is 0 Å². The van der Waals surface area contributed by atoms with E-state index in [9.17, 15) is 0 Å². The van der Waals surface area contributed by atoms with E-state index in [0.29, 0.717) is 6.04 Å². The molecule has 0 radical (unpaired) electrons. The highest BCUT2D eigenvalue weighted by molar-refractivity contribution is 5.15. The predicted octanol–water partition coefficient (Wildman–Crippen LogP) is 2.49. The van der Waals surface area contributed by atoms with Crippen molar-refractivity contribution in [3.8, 4) is 0 Å². The van der Waals surface area contributed by atoms with Crippen LogP contribution in [0.25, 0.3) is 0 Å². The molecule has 1 saturated heterocycles. The molecule has 0 spiro atoms. The molecule has 0 amide bonds. The molecule has 18 heavy (non-hydrogen) atoms. The molecular weight excluding hydrogens is 220 g/mol. The van der Waals surface area contributed by atoms with E-state index in [4.69, 9.17) is 5.73 Å². The van der Waals surface area contributed by atoms with Gasteiger partial charge in [0, 0.05) is 25.7 Å². The molecule has 2 heteroatoms. The van der Waals surface area contributed by atoms with Crippen LogP contribution in [0.1, 0.15) is 25.3 Å². The van der Waals surface area contributed by atoms with E-state index in [1.807, 2.05) is 0 Å². The van der Waals surface area contributed by atoms with Crippen LogP contribution in [-0.4, -0.2) is 24.0 Å². The molecule has 98 valence electrons. The van der Waals surface area contributed by atoms with E-state index in [2.05, 4.69) is 42.2 Å². The minimum Gasteiger partial charge on any atom is -0.327 e. The van der Waals surface area contributed by atoms with Crippen LogP contribution in [-0.2, 0) is 6.54 Å². The highest BCUT2D eigenvalue weighted by Gasteiger charge is 2.41. The fourth-order valence-corrected chi connectivity index (χ4v) is 3.85. The SMILES string of the molecule is C[C@@H]1CC[C@H](N)[C@@H]2CN(Cc3ccccc3)C[C@@H]21. The van der Waals surface area contributed by atoms with Crippen LogP contribution >= 0.6 is 0 Å².